The van der Waals surface area contributed by atoms with Crippen molar-refractivity contribution in [3.8, 4) is 0 Å². The minimum atomic E-state index is -0.993. The van der Waals surface area contributed by atoms with Gasteiger partial charge in [0.15, 0.2) is 5.78 Å². The summed E-state index contributed by atoms with van der Waals surface area (Å²) in [4.78, 5) is 12.1. The maximum atomic E-state index is 14.0. The van der Waals surface area contributed by atoms with Gasteiger partial charge in [-0.3, -0.25) is 4.79 Å². The van der Waals surface area contributed by atoms with Gasteiger partial charge >= 0.3 is 0 Å². The van der Waals surface area contributed by atoms with Gasteiger partial charge in [0, 0.05) is 5.56 Å². The Kier molecular flexibility index (Phi) is 3.23. The second-order valence-electron chi connectivity index (χ2n) is 4.71. The predicted octanol–water partition coefficient (Wildman–Crippen LogP) is 2.85. The van der Waals surface area contributed by atoms with Gasteiger partial charge in [0.05, 0.1) is 10.4 Å². The summed E-state index contributed by atoms with van der Waals surface area (Å²) in [5.74, 6) is -0.871. The third-order valence-corrected chi connectivity index (χ3v) is 3.84. The summed E-state index contributed by atoms with van der Waals surface area (Å²) in [7, 11) is 0. The van der Waals surface area contributed by atoms with Crippen molar-refractivity contribution in [3.05, 3.63) is 34.6 Å². The van der Waals surface area contributed by atoms with Gasteiger partial charge in [0.2, 0.25) is 0 Å². The highest BCUT2D eigenvalue weighted by molar-refractivity contribution is 6.30. The molecule has 1 N–H and O–H groups in total. The molecule has 1 fully saturated rings. The molecule has 0 aliphatic heterocycles. The number of hydrogen-bond donors (Lipinski definition) is 1. The quantitative estimate of drug-likeness (QED) is 0.839. The van der Waals surface area contributed by atoms with Crippen LogP contribution in [-0.4, -0.2) is 17.0 Å². The van der Waals surface area contributed by atoms with Crippen LogP contribution in [0.3, 0.4) is 0 Å². The number of ketones is 1. The molecule has 2 nitrogen and oxygen atoms in total. The van der Waals surface area contributed by atoms with Crippen LogP contribution in [0, 0.1) is 5.82 Å². The first kappa shape index (κ1) is 12.5. The molecule has 92 valence electrons. The van der Waals surface area contributed by atoms with Crippen molar-refractivity contribution >= 4 is 17.4 Å². The Balaban J connectivity index is 2.50. The van der Waals surface area contributed by atoms with Crippen molar-refractivity contribution in [2.45, 2.75) is 37.7 Å². The van der Waals surface area contributed by atoms with Gasteiger partial charge in [-0.2, -0.15) is 0 Å². The summed E-state index contributed by atoms with van der Waals surface area (Å²) in [5.41, 5.74) is -0.680. The molecule has 0 spiro atoms. The Morgan fingerprint density at radius 1 is 1.53 bits per heavy atom. The smallest absolute Gasteiger partial charge is 0.171 e. The predicted molar refractivity (Wildman–Crippen MR) is 63.6 cm³/mol. The molecule has 4 heteroatoms. The zero-order chi connectivity index (χ0) is 12.6. The van der Waals surface area contributed by atoms with Crippen LogP contribution in [0.4, 0.5) is 4.39 Å². The van der Waals surface area contributed by atoms with Crippen molar-refractivity contribution in [2.24, 2.45) is 0 Å². The first-order valence-electron chi connectivity index (χ1n) is 5.63. The van der Waals surface area contributed by atoms with Gasteiger partial charge in [-0.1, -0.05) is 23.7 Å². The molecule has 17 heavy (non-hydrogen) atoms. The molecule has 0 radical (unpaired) electrons. The van der Waals surface area contributed by atoms with E-state index >= 15 is 0 Å². The molecule has 1 saturated carbocycles. The van der Waals surface area contributed by atoms with E-state index in [9.17, 15) is 14.3 Å². The molecule has 0 bridgehead atoms. The van der Waals surface area contributed by atoms with Gasteiger partial charge in [-0.25, -0.2) is 4.39 Å². The molecule has 1 aliphatic rings. The molecule has 2 atom stereocenters. The molecule has 0 aromatic heterocycles. The average Bonchev–Trinajstić information content (AvgIpc) is 2.29. The second-order valence-corrected chi connectivity index (χ2v) is 5.11. The number of Topliss-reactive ketones (excluding diaryl/α,β-unsaturated/α-hetero) is 1. The standard InChI is InChI=1S/C13H14ClFO2/c1-13(7-3-6-10(16)12(13)17)8-4-2-5-9(14)11(8)15/h2,4-5,10,16H,3,6-7H2,1H3. The van der Waals surface area contributed by atoms with E-state index in [4.69, 9.17) is 11.6 Å². The summed E-state index contributed by atoms with van der Waals surface area (Å²) in [6, 6.07) is 4.64. The molecule has 1 aromatic rings. The fraction of sp³-hybridized carbons (Fsp3) is 0.462. The lowest BCUT2D eigenvalue weighted by atomic mass is 9.69. The van der Waals surface area contributed by atoms with Crippen molar-refractivity contribution < 1.29 is 14.3 Å². The number of carbonyl (C=O) groups excluding carboxylic acids is 1. The van der Waals surface area contributed by atoms with Gasteiger partial charge in [0.1, 0.15) is 11.9 Å². The van der Waals surface area contributed by atoms with Crippen LogP contribution in [0.5, 0.6) is 0 Å². The molecule has 0 heterocycles. The number of benzene rings is 1. The fourth-order valence-corrected chi connectivity index (χ4v) is 2.64. The van der Waals surface area contributed by atoms with Crippen LogP contribution < -0.4 is 0 Å². The maximum absolute atomic E-state index is 14.0. The zero-order valence-corrected chi connectivity index (χ0v) is 10.3. The van der Waals surface area contributed by atoms with Gasteiger partial charge in [-0.15, -0.1) is 0 Å². The highest BCUT2D eigenvalue weighted by atomic mass is 35.5. The van der Waals surface area contributed by atoms with E-state index in [1.165, 1.54) is 6.07 Å². The van der Waals surface area contributed by atoms with Crippen molar-refractivity contribution in [1.29, 1.82) is 0 Å². The Hall–Kier alpha value is -0.930. The van der Waals surface area contributed by atoms with E-state index < -0.39 is 17.3 Å². The highest BCUT2D eigenvalue weighted by Crippen LogP contribution is 2.39. The van der Waals surface area contributed by atoms with Crippen molar-refractivity contribution in [3.63, 3.8) is 0 Å². The normalized spacial score (nSPS) is 29.4. The number of hydrogen-bond acceptors (Lipinski definition) is 2. The van der Waals surface area contributed by atoms with E-state index in [-0.39, 0.29) is 16.4 Å². The number of aliphatic hydroxyl groups is 1. The molecule has 2 rings (SSSR count). The average molecular weight is 257 g/mol. The zero-order valence-electron chi connectivity index (χ0n) is 9.54. The lowest BCUT2D eigenvalue weighted by Crippen LogP contribution is -2.44. The molecule has 2 unspecified atom stereocenters. The van der Waals surface area contributed by atoms with E-state index in [1.807, 2.05) is 0 Å². The van der Waals surface area contributed by atoms with Crippen LogP contribution in [-0.2, 0) is 10.2 Å². The van der Waals surface area contributed by atoms with Gasteiger partial charge in [-0.05, 0) is 32.3 Å². The monoisotopic (exact) mass is 256 g/mol. The third-order valence-electron chi connectivity index (χ3n) is 3.55. The lowest BCUT2D eigenvalue weighted by Gasteiger charge is -2.35. The van der Waals surface area contributed by atoms with E-state index in [2.05, 4.69) is 0 Å². The molecular weight excluding hydrogens is 243 g/mol. The highest BCUT2D eigenvalue weighted by Gasteiger charge is 2.43. The fourth-order valence-electron chi connectivity index (χ4n) is 2.47. The molecular formula is C13H14ClFO2. The Morgan fingerprint density at radius 3 is 2.94 bits per heavy atom. The minimum absolute atomic E-state index is 0.0107. The lowest BCUT2D eigenvalue weighted by molar-refractivity contribution is -0.135. The largest absolute Gasteiger partial charge is 0.385 e. The third kappa shape index (κ3) is 1.98. The van der Waals surface area contributed by atoms with Gasteiger partial charge < -0.3 is 5.11 Å². The summed E-state index contributed by atoms with van der Waals surface area (Å²) in [6.07, 6.45) is 0.707. The Morgan fingerprint density at radius 2 is 2.24 bits per heavy atom. The van der Waals surface area contributed by atoms with E-state index in [0.29, 0.717) is 19.3 Å². The Labute approximate surface area is 104 Å². The van der Waals surface area contributed by atoms with Crippen LogP contribution in [0.25, 0.3) is 0 Å². The number of rotatable bonds is 1. The van der Waals surface area contributed by atoms with Crippen LogP contribution in [0.2, 0.25) is 5.02 Å². The first-order chi connectivity index (χ1) is 7.97. The molecule has 0 amide bonds. The minimum Gasteiger partial charge on any atom is -0.385 e. The van der Waals surface area contributed by atoms with Gasteiger partial charge in [0.25, 0.3) is 0 Å². The molecule has 0 saturated heterocycles. The summed E-state index contributed by atoms with van der Waals surface area (Å²) in [5, 5.41) is 9.64. The summed E-state index contributed by atoms with van der Waals surface area (Å²) >= 11 is 5.73. The van der Waals surface area contributed by atoms with Crippen LogP contribution >= 0.6 is 11.6 Å². The molecule has 1 aromatic carbocycles. The number of carbonyl (C=O) groups is 1. The van der Waals surface area contributed by atoms with E-state index in [0.717, 1.165) is 0 Å². The van der Waals surface area contributed by atoms with Crippen molar-refractivity contribution in [1.82, 2.24) is 0 Å². The van der Waals surface area contributed by atoms with E-state index in [1.54, 1.807) is 19.1 Å². The molecule has 1 aliphatic carbocycles. The van der Waals surface area contributed by atoms with Crippen molar-refractivity contribution in [2.75, 3.05) is 0 Å². The second kappa shape index (κ2) is 4.39. The topological polar surface area (TPSA) is 37.3 Å². The SMILES string of the molecule is CC1(c2cccc(Cl)c2F)CCCC(O)C1=O. The Bertz CT molecular complexity index is 461. The first-order valence-corrected chi connectivity index (χ1v) is 6.01. The van der Waals surface area contributed by atoms with Crippen LogP contribution in [0.1, 0.15) is 31.7 Å². The summed E-state index contributed by atoms with van der Waals surface area (Å²) in [6.45, 7) is 1.67. The number of aliphatic hydroxyl groups excluding tert-OH is 1. The number of halogens is 2. The maximum Gasteiger partial charge on any atom is 0.171 e. The summed E-state index contributed by atoms with van der Waals surface area (Å²) < 4.78 is 14.0. The van der Waals surface area contributed by atoms with Crippen LogP contribution in [0.15, 0.2) is 18.2 Å².